The number of nitrogens with one attached hydrogen (secondary N) is 3. The van der Waals surface area contributed by atoms with Crippen LogP contribution in [0.5, 0.6) is 0 Å². The van der Waals surface area contributed by atoms with Crippen molar-refractivity contribution in [2.75, 3.05) is 13.2 Å². The van der Waals surface area contributed by atoms with Gasteiger partial charge in [0, 0.05) is 24.8 Å². The first-order valence-electron chi connectivity index (χ1n) is 13.9. The highest BCUT2D eigenvalue weighted by Gasteiger charge is 2.76. The number of amides is 3. The summed E-state index contributed by atoms with van der Waals surface area (Å²) in [4.78, 5) is 63.8. The Morgan fingerprint density at radius 2 is 1.63 bits per heavy atom. The molecule has 0 aromatic carbocycles. The van der Waals surface area contributed by atoms with Crippen LogP contribution in [0.3, 0.4) is 0 Å². The van der Waals surface area contributed by atoms with Crippen LogP contribution in [-0.2, 0) is 33.3 Å². The van der Waals surface area contributed by atoms with Gasteiger partial charge >= 0.3 is 24.1 Å². The molecule has 232 valence electrons. The van der Waals surface area contributed by atoms with Crippen LogP contribution in [0.4, 0.5) is 9.59 Å². The van der Waals surface area contributed by atoms with E-state index in [1.807, 2.05) is 0 Å². The van der Waals surface area contributed by atoms with Crippen molar-refractivity contribution in [3.8, 4) is 0 Å². The van der Waals surface area contributed by atoms with E-state index in [-0.39, 0.29) is 26.0 Å². The van der Waals surface area contributed by atoms with E-state index < -0.39 is 76.7 Å². The molecule has 13 nitrogen and oxygen atoms in total. The fourth-order valence-corrected chi connectivity index (χ4v) is 5.18. The molecule has 2 aliphatic carbocycles. The molecule has 0 bridgehead atoms. The number of hydrogen-bond donors (Lipinski definition) is 4. The van der Waals surface area contributed by atoms with Crippen LogP contribution in [0, 0.1) is 17.8 Å². The van der Waals surface area contributed by atoms with E-state index in [1.54, 1.807) is 48.5 Å². The highest BCUT2D eigenvalue weighted by molar-refractivity contribution is 5.94. The van der Waals surface area contributed by atoms with Gasteiger partial charge in [-0.25, -0.2) is 14.4 Å². The number of esters is 2. The molecule has 2 unspecified atom stereocenters. The van der Waals surface area contributed by atoms with Gasteiger partial charge in [0.15, 0.2) is 0 Å². The summed E-state index contributed by atoms with van der Waals surface area (Å²) < 4.78 is 20.7. The van der Waals surface area contributed by atoms with Crippen molar-refractivity contribution in [2.24, 2.45) is 17.8 Å². The topological polar surface area (TPSA) is 179 Å². The molecule has 0 heterocycles. The van der Waals surface area contributed by atoms with Gasteiger partial charge in [0.2, 0.25) is 5.91 Å². The van der Waals surface area contributed by atoms with Gasteiger partial charge in [0.1, 0.15) is 22.8 Å². The van der Waals surface area contributed by atoms with Crippen molar-refractivity contribution in [3.63, 3.8) is 0 Å². The zero-order valence-electron chi connectivity index (χ0n) is 25.0. The van der Waals surface area contributed by atoms with Crippen LogP contribution in [0.1, 0.15) is 74.1 Å². The highest BCUT2D eigenvalue weighted by atomic mass is 16.6. The Morgan fingerprint density at radius 3 is 2.20 bits per heavy atom. The molecule has 2 fully saturated rings. The third-order valence-corrected chi connectivity index (χ3v) is 6.67. The zero-order valence-corrected chi connectivity index (χ0v) is 25.0. The molecule has 13 heteroatoms. The minimum absolute atomic E-state index is 0.00986. The average molecular weight is 584 g/mol. The van der Waals surface area contributed by atoms with E-state index in [1.165, 1.54) is 0 Å². The maximum absolute atomic E-state index is 13.6. The summed E-state index contributed by atoms with van der Waals surface area (Å²) in [6.07, 6.45) is -0.673. The lowest BCUT2D eigenvalue weighted by atomic mass is 9.88. The average Bonchev–Trinajstić information content (AvgIpc) is 3.50. The molecular weight excluding hydrogens is 538 g/mol. The number of ether oxygens (including phenoxy) is 4. The molecule has 2 aliphatic rings. The van der Waals surface area contributed by atoms with Gasteiger partial charge in [-0.15, -0.1) is 0 Å². The van der Waals surface area contributed by atoms with Gasteiger partial charge < -0.3 is 40.0 Å². The van der Waals surface area contributed by atoms with Crippen molar-refractivity contribution in [1.29, 1.82) is 0 Å². The number of hydrogen-bond acceptors (Lipinski definition) is 10. The lowest BCUT2D eigenvalue weighted by molar-refractivity contribution is -0.156. The number of carbonyl (C=O) groups excluding carboxylic acids is 5. The molecule has 3 amide bonds. The first-order chi connectivity index (χ1) is 19.0. The van der Waals surface area contributed by atoms with Crippen LogP contribution >= 0.6 is 0 Å². The van der Waals surface area contributed by atoms with Crippen LogP contribution in [0.25, 0.3) is 0 Å². The molecular formula is C28H45N3O10. The van der Waals surface area contributed by atoms with Crippen molar-refractivity contribution in [2.45, 2.75) is 103 Å². The maximum Gasteiger partial charge on any atom is 0.408 e. The van der Waals surface area contributed by atoms with E-state index >= 15 is 0 Å². The number of fused-ring (bicyclic) bond motifs is 1. The molecule has 4 N–H and O–H groups in total. The Labute approximate surface area is 241 Å². The molecule has 6 atom stereocenters. The van der Waals surface area contributed by atoms with Gasteiger partial charge in [-0.05, 0) is 67.7 Å². The summed E-state index contributed by atoms with van der Waals surface area (Å²) in [5.74, 6) is -4.36. The molecule has 2 saturated carbocycles. The standard InChI is InChI=1S/C28H45N3O10/c1-9-38-22(34)19-18-17(32)15-28(20(18)19,23(35)39-10-2)31-21(33)16(30-25(37)41-27(6,7)8)13-11-12-14-29-24(36)40-26(3,4)5/h9,16-20,32H,1,10-15H2,2-8H3,(H,29,36)(H,30,37)(H,31,33)/t16?,17-,18-,19-,20-,28?/m0/s1. The van der Waals surface area contributed by atoms with Crippen molar-refractivity contribution in [3.05, 3.63) is 12.8 Å². The molecule has 41 heavy (non-hydrogen) atoms. The summed E-state index contributed by atoms with van der Waals surface area (Å²) in [7, 11) is 0. The van der Waals surface area contributed by atoms with Gasteiger partial charge in [-0.3, -0.25) is 9.59 Å². The number of alkyl carbamates (subject to hydrolysis) is 2. The second-order valence-corrected chi connectivity index (χ2v) is 12.3. The minimum Gasteiger partial charge on any atom is -0.464 e. The molecule has 0 aromatic rings. The highest BCUT2D eigenvalue weighted by Crippen LogP contribution is 2.63. The molecule has 0 spiro atoms. The Bertz CT molecular complexity index is 1000. The fourth-order valence-electron chi connectivity index (χ4n) is 5.18. The van der Waals surface area contributed by atoms with Gasteiger partial charge in [-0.1, -0.05) is 6.58 Å². The molecule has 0 aliphatic heterocycles. The predicted molar refractivity (Wildman–Crippen MR) is 146 cm³/mol. The second kappa shape index (κ2) is 13.5. The summed E-state index contributed by atoms with van der Waals surface area (Å²) >= 11 is 0. The maximum atomic E-state index is 13.6. The van der Waals surface area contributed by atoms with E-state index in [9.17, 15) is 29.1 Å². The van der Waals surface area contributed by atoms with Gasteiger partial charge in [-0.2, -0.15) is 0 Å². The number of rotatable bonds is 12. The van der Waals surface area contributed by atoms with E-state index in [4.69, 9.17) is 18.9 Å². The summed E-state index contributed by atoms with van der Waals surface area (Å²) in [6.45, 7) is 15.5. The number of unbranched alkanes of at least 4 members (excludes halogenated alkanes) is 1. The molecule has 0 aromatic heterocycles. The normalized spacial score (nSPS) is 25.6. The number of carbonyl (C=O) groups is 5. The lowest BCUT2D eigenvalue weighted by Crippen LogP contribution is -2.61. The monoisotopic (exact) mass is 583 g/mol. The summed E-state index contributed by atoms with van der Waals surface area (Å²) in [5.41, 5.74) is -3.17. The number of aliphatic hydroxyl groups excluding tert-OH is 1. The largest absolute Gasteiger partial charge is 0.464 e. The minimum atomic E-state index is -1.70. The Morgan fingerprint density at radius 1 is 1.02 bits per heavy atom. The zero-order chi connectivity index (χ0) is 31.2. The molecule has 2 rings (SSSR count). The quantitative estimate of drug-likeness (QED) is 0.115. The molecule has 0 saturated heterocycles. The summed E-state index contributed by atoms with van der Waals surface area (Å²) in [6, 6.07) is -1.13. The Kier molecular flexibility index (Phi) is 11.2. The molecule has 0 radical (unpaired) electrons. The van der Waals surface area contributed by atoms with E-state index in [0.717, 1.165) is 6.26 Å². The lowest BCUT2D eigenvalue weighted by Gasteiger charge is -2.33. The van der Waals surface area contributed by atoms with E-state index in [0.29, 0.717) is 12.8 Å². The third kappa shape index (κ3) is 9.34. The van der Waals surface area contributed by atoms with Crippen molar-refractivity contribution >= 4 is 30.0 Å². The van der Waals surface area contributed by atoms with Crippen LogP contribution in [0.2, 0.25) is 0 Å². The van der Waals surface area contributed by atoms with Gasteiger partial charge in [0.25, 0.3) is 0 Å². The first kappa shape index (κ1) is 33.9. The smallest absolute Gasteiger partial charge is 0.408 e. The van der Waals surface area contributed by atoms with Crippen molar-refractivity contribution in [1.82, 2.24) is 16.0 Å². The van der Waals surface area contributed by atoms with E-state index in [2.05, 4.69) is 22.5 Å². The van der Waals surface area contributed by atoms with Gasteiger partial charge in [0.05, 0.1) is 24.9 Å². The Hall–Kier alpha value is -3.35. The van der Waals surface area contributed by atoms with Crippen LogP contribution < -0.4 is 16.0 Å². The second-order valence-electron chi connectivity index (χ2n) is 12.3. The fraction of sp³-hybridized carbons (Fsp3) is 0.750. The van der Waals surface area contributed by atoms with Crippen LogP contribution in [-0.4, -0.2) is 77.2 Å². The summed E-state index contributed by atoms with van der Waals surface area (Å²) in [5, 5.41) is 18.6. The first-order valence-corrected chi connectivity index (χ1v) is 13.9. The van der Waals surface area contributed by atoms with Crippen LogP contribution in [0.15, 0.2) is 12.8 Å². The Balaban J connectivity index is 2.18. The number of aliphatic hydroxyl groups is 1. The third-order valence-electron chi connectivity index (χ3n) is 6.67. The predicted octanol–water partition coefficient (Wildman–Crippen LogP) is 2.31. The SMILES string of the molecule is C=COC(=O)[C@H]1[C@H]2[C@@H]1C(NC(=O)C(CCCCNC(=O)OC(C)(C)C)NC(=O)OC(C)(C)C)(C(=O)OCC)C[C@@H]2O. The van der Waals surface area contributed by atoms with Crippen molar-refractivity contribution < 1.29 is 48.0 Å².